The monoisotopic (exact) mass is 197 g/mol. The maximum atomic E-state index is 13.6. The summed E-state index contributed by atoms with van der Waals surface area (Å²) in [5, 5.41) is 3.05. The summed E-state index contributed by atoms with van der Waals surface area (Å²) in [6.07, 6.45) is 0. The highest BCUT2D eigenvalue weighted by Gasteiger charge is 2.25. The molecule has 1 N–H and O–H groups in total. The van der Waals surface area contributed by atoms with Crippen LogP contribution < -0.4 is 10.1 Å². The summed E-state index contributed by atoms with van der Waals surface area (Å²) in [6, 6.07) is 4.85. The molecule has 0 radical (unpaired) electrons. The molecule has 0 saturated carbocycles. The molecule has 3 heteroatoms. The molecule has 0 atom stereocenters. The zero-order valence-corrected chi connectivity index (χ0v) is 9.02. The van der Waals surface area contributed by atoms with E-state index in [2.05, 4.69) is 5.32 Å². The number of ether oxygens (including phenoxy) is 1. The number of benzene rings is 1. The van der Waals surface area contributed by atoms with Crippen LogP contribution in [0.5, 0.6) is 5.75 Å². The molecule has 0 aliphatic heterocycles. The maximum Gasteiger partial charge on any atom is 0.131 e. The third-order valence-corrected chi connectivity index (χ3v) is 2.45. The lowest BCUT2D eigenvalue weighted by atomic mass is 9.93. The average Bonchev–Trinajstić information content (AvgIpc) is 2.17. The van der Waals surface area contributed by atoms with Crippen LogP contribution >= 0.6 is 0 Å². The van der Waals surface area contributed by atoms with E-state index in [4.69, 9.17) is 4.74 Å². The Hall–Kier alpha value is -1.09. The molecule has 14 heavy (non-hydrogen) atoms. The van der Waals surface area contributed by atoms with Crippen LogP contribution in [0.1, 0.15) is 19.4 Å². The van der Waals surface area contributed by atoms with Gasteiger partial charge in [-0.05, 0) is 33.0 Å². The largest absolute Gasteiger partial charge is 0.496 e. The summed E-state index contributed by atoms with van der Waals surface area (Å²) in [4.78, 5) is 0. The van der Waals surface area contributed by atoms with E-state index in [0.29, 0.717) is 11.3 Å². The number of rotatable bonds is 3. The minimum atomic E-state index is -0.434. The Labute approximate surface area is 84.1 Å². The van der Waals surface area contributed by atoms with Crippen molar-refractivity contribution >= 4 is 0 Å². The Morgan fingerprint density at radius 3 is 2.50 bits per heavy atom. The summed E-state index contributed by atoms with van der Waals surface area (Å²) < 4.78 is 18.7. The highest BCUT2D eigenvalue weighted by Crippen LogP contribution is 2.31. The molecule has 1 rings (SSSR count). The molecule has 0 aromatic heterocycles. The van der Waals surface area contributed by atoms with Crippen LogP contribution in [0.25, 0.3) is 0 Å². The van der Waals surface area contributed by atoms with Gasteiger partial charge in [-0.15, -0.1) is 0 Å². The minimum absolute atomic E-state index is 0.247. The molecule has 0 amide bonds. The van der Waals surface area contributed by atoms with Crippen molar-refractivity contribution in [3.05, 3.63) is 29.6 Å². The molecule has 0 aliphatic rings. The van der Waals surface area contributed by atoms with Gasteiger partial charge in [0.05, 0.1) is 7.11 Å². The highest BCUT2D eigenvalue weighted by atomic mass is 19.1. The van der Waals surface area contributed by atoms with Gasteiger partial charge in [0.1, 0.15) is 11.6 Å². The minimum Gasteiger partial charge on any atom is -0.496 e. The van der Waals surface area contributed by atoms with Crippen molar-refractivity contribution in [2.45, 2.75) is 19.4 Å². The van der Waals surface area contributed by atoms with E-state index in [1.807, 2.05) is 13.8 Å². The van der Waals surface area contributed by atoms with E-state index in [1.54, 1.807) is 26.3 Å². The second-order valence-corrected chi connectivity index (χ2v) is 3.69. The van der Waals surface area contributed by atoms with Crippen LogP contribution in [0, 0.1) is 5.82 Å². The lowest BCUT2D eigenvalue weighted by Gasteiger charge is -2.26. The molecular weight excluding hydrogens is 181 g/mol. The number of hydrogen-bond donors (Lipinski definition) is 1. The lowest BCUT2D eigenvalue weighted by molar-refractivity contribution is 0.361. The van der Waals surface area contributed by atoms with Gasteiger partial charge in [-0.25, -0.2) is 4.39 Å². The van der Waals surface area contributed by atoms with Gasteiger partial charge in [0.15, 0.2) is 0 Å². The van der Waals surface area contributed by atoms with Crippen LogP contribution in [0.15, 0.2) is 18.2 Å². The van der Waals surface area contributed by atoms with Gasteiger partial charge in [0.25, 0.3) is 0 Å². The fraction of sp³-hybridized carbons (Fsp3) is 0.455. The van der Waals surface area contributed by atoms with E-state index < -0.39 is 5.54 Å². The molecule has 0 aliphatic carbocycles. The molecule has 0 spiro atoms. The zero-order chi connectivity index (χ0) is 10.8. The summed E-state index contributed by atoms with van der Waals surface area (Å²) in [5.41, 5.74) is 0.126. The first-order valence-electron chi connectivity index (χ1n) is 4.55. The maximum absolute atomic E-state index is 13.6. The first-order valence-corrected chi connectivity index (χ1v) is 4.55. The summed E-state index contributed by atoms with van der Waals surface area (Å²) in [6.45, 7) is 3.82. The number of halogens is 1. The van der Waals surface area contributed by atoms with Crippen molar-refractivity contribution < 1.29 is 9.13 Å². The van der Waals surface area contributed by atoms with Crippen LogP contribution in [-0.2, 0) is 5.54 Å². The zero-order valence-electron chi connectivity index (χ0n) is 9.02. The second-order valence-electron chi connectivity index (χ2n) is 3.69. The quantitative estimate of drug-likeness (QED) is 0.802. The normalized spacial score (nSPS) is 11.5. The summed E-state index contributed by atoms with van der Waals surface area (Å²) in [7, 11) is 3.34. The Morgan fingerprint density at radius 1 is 1.36 bits per heavy atom. The molecule has 78 valence electrons. The predicted molar refractivity (Wildman–Crippen MR) is 55.0 cm³/mol. The summed E-state index contributed by atoms with van der Waals surface area (Å²) in [5.74, 6) is 0.327. The molecule has 0 fully saturated rings. The van der Waals surface area contributed by atoms with Gasteiger partial charge in [-0.2, -0.15) is 0 Å². The first kappa shape index (κ1) is 11.0. The smallest absolute Gasteiger partial charge is 0.131 e. The van der Waals surface area contributed by atoms with Crippen molar-refractivity contribution in [1.82, 2.24) is 5.32 Å². The van der Waals surface area contributed by atoms with Crippen LogP contribution in [0.2, 0.25) is 0 Å². The Kier molecular flexibility index (Phi) is 3.11. The number of hydrogen-bond acceptors (Lipinski definition) is 2. The van der Waals surface area contributed by atoms with Crippen molar-refractivity contribution in [3.63, 3.8) is 0 Å². The Morgan fingerprint density at radius 2 is 2.00 bits per heavy atom. The summed E-state index contributed by atoms with van der Waals surface area (Å²) >= 11 is 0. The number of nitrogens with one attached hydrogen (secondary N) is 1. The molecule has 1 aromatic rings. The third-order valence-electron chi connectivity index (χ3n) is 2.45. The second kappa shape index (κ2) is 3.96. The topological polar surface area (TPSA) is 21.3 Å². The molecule has 0 bridgehead atoms. The van der Waals surface area contributed by atoms with E-state index in [1.165, 1.54) is 6.07 Å². The van der Waals surface area contributed by atoms with Crippen molar-refractivity contribution in [2.24, 2.45) is 0 Å². The fourth-order valence-electron chi connectivity index (χ4n) is 1.41. The first-order chi connectivity index (χ1) is 6.53. The molecule has 0 heterocycles. The third kappa shape index (κ3) is 1.87. The van der Waals surface area contributed by atoms with Gasteiger partial charge >= 0.3 is 0 Å². The van der Waals surface area contributed by atoms with Crippen LogP contribution in [0.3, 0.4) is 0 Å². The van der Waals surface area contributed by atoms with Crippen molar-refractivity contribution in [2.75, 3.05) is 14.2 Å². The van der Waals surface area contributed by atoms with Gasteiger partial charge in [0, 0.05) is 11.1 Å². The highest BCUT2D eigenvalue weighted by molar-refractivity contribution is 5.39. The van der Waals surface area contributed by atoms with Gasteiger partial charge in [-0.3, -0.25) is 0 Å². The van der Waals surface area contributed by atoms with Crippen LogP contribution in [-0.4, -0.2) is 14.2 Å². The SMILES string of the molecule is CNC(C)(C)c1c(F)cccc1OC. The van der Waals surface area contributed by atoms with Crippen molar-refractivity contribution in [3.8, 4) is 5.75 Å². The van der Waals surface area contributed by atoms with E-state index in [-0.39, 0.29) is 5.82 Å². The fourth-order valence-corrected chi connectivity index (χ4v) is 1.41. The molecule has 1 aromatic carbocycles. The van der Waals surface area contributed by atoms with Gasteiger partial charge < -0.3 is 10.1 Å². The Bertz CT molecular complexity index is 323. The predicted octanol–water partition coefficient (Wildman–Crippen LogP) is 2.29. The van der Waals surface area contributed by atoms with E-state index >= 15 is 0 Å². The van der Waals surface area contributed by atoms with Gasteiger partial charge in [0.2, 0.25) is 0 Å². The molecular formula is C11H16FNO. The lowest BCUT2D eigenvalue weighted by Crippen LogP contribution is -2.34. The Balaban J connectivity index is 3.30. The van der Waals surface area contributed by atoms with E-state index in [0.717, 1.165) is 0 Å². The molecule has 2 nitrogen and oxygen atoms in total. The van der Waals surface area contributed by atoms with Crippen LogP contribution in [0.4, 0.5) is 4.39 Å². The van der Waals surface area contributed by atoms with Crippen molar-refractivity contribution in [1.29, 1.82) is 0 Å². The van der Waals surface area contributed by atoms with E-state index in [9.17, 15) is 4.39 Å². The standard InChI is InChI=1S/C11H16FNO/c1-11(2,13-3)10-8(12)6-5-7-9(10)14-4/h5-7,13H,1-4H3. The average molecular weight is 197 g/mol. The van der Waals surface area contributed by atoms with Gasteiger partial charge in [-0.1, -0.05) is 6.07 Å². The molecule has 0 saturated heterocycles. The molecule has 0 unspecified atom stereocenters. The number of methoxy groups -OCH3 is 1.